The minimum atomic E-state index is -1.41. The van der Waals surface area contributed by atoms with E-state index in [9.17, 15) is 38.7 Å². The molecule has 1 aromatic rings. The van der Waals surface area contributed by atoms with Crippen molar-refractivity contribution in [1.82, 2.24) is 114 Å². The molecule has 818 valence electrons. The average Bonchev–Trinajstić information content (AvgIpc) is 1.66. The second-order valence-electron chi connectivity index (χ2n) is 38.6. The quantitative estimate of drug-likeness (QED) is 0.0164. The van der Waals surface area contributed by atoms with Gasteiger partial charge < -0.3 is 165 Å². The van der Waals surface area contributed by atoms with Crippen LogP contribution in [0.25, 0.3) is 0 Å². The molecule has 0 saturated carbocycles. The highest BCUT2D eigenvalue weighted by Gasteiger charge is 2.49. The van der Waals surface area contributed by atoms with Gasteiger partial charge in [0.05, 0.1) is 6.04 Å². The molecule has 40 N–H and O–H groups in total. The van der Waals surface area contributed by atoms with Gasteiger partial charge in [-0.1, -0.05) is 64.4 Å². The number of likely N-dealkylation sites (tertiary alicyclic amines) is 6. The molecule has 7 rings (SSSR count). The van der Waals surface area contributed by atoms with E-state index in [1.54, 1.807) is 58.0 Å². The Morgan fingerprint density at radius 1 is 0.327 bits per heavy atom. The summed E-state index contributed by atoms with van der Waals surface area (Å²) >= 11 is 0. The van der Waals surface area contributed by atoms with Crippen LogP contribution in [0.5, 0.6) is 0 Å². The van der Waals surface area contributed by atoms with Crippen LogP contribution in [0.3, 0.4) is 0 Å². The molecule has 15 amide bonds. The van der Waals surface area contributed by atoms with Crippen LogP contribution in [0, 0.1) is 49.7 Å². The molecule has 147 heavy (non-hydrogen) atoms. The third-order valence-corrected chi connectivity index (χ3v) is 27.0. The van der Waals surface area contributed by atoms with Crippen LogP contribution in [-0.2, 0) is 83.1 Å². The molecular formula is C93H159N37O17. The van der Waals surface area contributed by atoms with E-state index in [4.69, 9.17) is 83.7 Å². The Balaban J connectivity index is 1.06. The summed E-state index contributed by atoms with van der Waals surface area (Å²) in [4.78, 5) is 243. The van der Waals surface area contributed by atoms with E-state index in [0.29, 0.717) is 56.9 Å². The van der Waals surface area contributed by atoms with Gasteiger partial charge in [-0.05, 0) is 191 Å². The third kappa shape index (κ3) is 38.2. The molecule has 54 nitrogen and oxygen atoms in total. The molecule has 0 spiro atoms. The Labute approximate surface area is 855 Å². The van der Waals surface area contributed by atoms with Crippen molar-refractivity contribution in [1.29, 1.82) is 37.9 Å². The zero-order chi connectivity index (χ0) is 108. The van der Waals surface area contributed by atoms with Crippen LogP contribution < -0.4 is 131 Å². The summed E-state index contributed by atoms with van der Waals surface area (Å²) in [6.07, 6.45) is 4.10. The lowest BCUT2D eigenvalue weighted by Gasteiger charge is -2.34. The van der Waals surface area contributed by atoms with Gasteiger partial charge in [0.25, 0.3) is 0 Å². The first kappa shape index (κ1) is 120. The standard InChI is InChI=1S/C93H159N37O17/c1-5-53(4)70(124-73(133)57(26-11-39-111-89(99)100)116-71(131)55(94)24-9-37-109-87(95)96)79(139)123-63(51-54-22-7-6-8-23-54)84(144)128-47-19-33-66(128)77(137)120-60(29-14-42-114-92(105)106)82(142)130-49-21-36-69(130)85(145)129-48-20-35-68(129)74(134)117-56(25-10-38-110-88(97)98)72(132)122-62(50-52(2)3)83(143)127-46-18-32-65(127)76(136)119-58(27-12-40-112-90(101)102)80(140)125-44-16-31-64(125)75(135)118-59(28-13-41-113-91(103)104)81(141)126-45-17-34-67(126)78(138)121-61(86(146)147)30-15-43-115-93(107)108/h6-8,22-23,52-53,55-70H,5,9-21,24-51,94H2,1-4H3,(H,116,131)(H,117,134)(H,118,135)(H,119,136)(H,120,137)(H,121,138)(H,122,132)(H,123,139)(H,124,133)(H,146,147)(H4,95,96,109)(H4,97,98,110)(H4,99,100,111)(H4,101,102,112)(H4,103,104,113)(H4,105,106,114)(H4,107,108,115)/t53-,55-,56-,57-,58-,59-,60-,61-,62-,63-,64-,65-,66-,67-,68-,69-,70-/m0/s1. The highest BCUT2D eigenvalue weighted by atomic mass is 16.4. The van der Waals surface area contributed by atoms with Crippen molar-refractivity contribution in [2.45, 2.75) is 311 Å². The molecule has 6 aliphatic rings. The van der Waals surface area contributed by atoms with Crippen molar-refractivity contribution in [3.05, 3.63) is 35.9 Å². The number of aliphatic carboxylic acids is 1. The lowest BCUT2D eigenvalue weighted by atomic mass is 9.96. The van der Waals surface area contributed by atoms with Gasteiger partial charge in [-0.25, -0.2) is 4.79 Å². The maximum Gasteiger partial charge on any atom is 0.326 e. The van der Waals surface area contributed by atoms with Gasteiger partial charge in [-0.3, -0.25) is 110 Å². The van der Waals surface area contributed by atoms with Crippen LogP contribution in [0.1, 0.15) is 213 Å². The molecule has 0 aromatic heterocycles. The Hall–Kier alpha value is -14.4. The Bertz CT molecular complexity index is 4750. The second-order valence-corrected chi connectivity index (χ2v) is 38.6. The maximum absolute atomic E-state index is 15.4. The van der Waals surface area contributed by atoms with E-state index in [2.05, 4.69) is 85.1 Å². The van der Waals surface area contributed by atoms with Crippen molar-refractivity contribution in [3.63, 3.8) is 0 Å². The molecule has 0 unspecified atom stereocenters. The van der Waals surface area contributed by atoms with Crippen molar-refractivity contribution >= 4 is 136 Å². The van der Waals surface area contributed by atoms with E-state index in [-0.39, 0.29) is 268 Å². The van der Waals surface area contributed by atoms with Crippen LogP contribution in [0.2, 0.25) is 0 Å². The smallest absolute Gasteiger partial charge is 0.326 e. The van der Waals surface area contributed by atoms with Gasteiger partial charge in [0.15, 0.2) is 41.7 Å². The number of carboxylic acid groups (broad SMARTS) is 1. The average molecular weight is 2070 g/mol. The minimum Gasteiger partial charge on any atom is -0.480 e. The maximum atomic E-state index is 15.4. The van der Waals surface area contributed by atoms with Gasteiger partial charge in [0.2, 0.25) is 88.6 Å². The monoisotopic (exact) mass is 2070 g/mol. The third-order valence-electron chi connectivity index (χ3n) is 27.0. The molecule has 6 fully saturated rings. The Morgan fingerprint density at radius 3 is 0.932 bits per heavy atom. The Kier molecular flexibility index (Phi) is 49.2. The molecule has 0 radical (unpaired) electrons. The van der Waals surface area contributed by atoms with Crippen molar-refractivity contribution in [2.75, 3.05) is 85.1 Å². The minimum absolute atomic E-state index is 0.0117. The first-order valence-corrected chi connectivity index (χ1v) is 51.1. The summed E-state index contributed by atoms with van der Waals surface area (Å²) in [5, 5.41) is 107. The van der Waals surface area contributed by atoms with Crippen LogP contribution >= 0.6 is 0 Å². The molecule has 0 bridgehead atoms. The lowest BCUT2D eigenvalue weighted by molar-refractivity contribution is -0.148. The molecule has 1 aromatic carbocycles. The van der Waals surface area contributed by atoms with Crippen molar-refractivity contribution in [3.8, 4) is 0 Å². The van der Waals surface area contributed by atoms with Crippen molar-refractivity contribution in [2.24, 2.45) is 57.7 Å². The van der Waals surface area contributed by atoms with E-state index in [0.717, 1.165) is 0 Å². The van der Waals surface area contributed by atoms with Crippen molar-refractivity contribution < 1.29 is 81.8 Å². The number of nitrogens with zero attached hydrogens (tertiary/aromatic N) is 6. The summed E-state index contributed by atoms with van der Waals surface area (Å²) in [5.41, 5.74) is 45.7. The zero-order valence-electron chi connectivity index (χ0n) is 84.8. The van der Waals surface area contributed by atoms with Crippen LogP contribution in [0.4, 0.5) is 0 Å². The highest BCUT2D eigenvalue weighted by molar-refractivity contribution is 6.02. The largest absolute Gasteiger partial charge is 0.480 e. The van der Waals surface area contributed by atoms with Gasteiger partial charge in [0.1, 0.15) is 90.6 Å². The van der Waals surface area contributed by atoms with Gasteiger partial charge in [-0.2, -0.15) is 0 Å². The molecule has 0 aliphatic carbocycles. The number of benzene rings is 1. The fraction of sp³-hybridized carbons (Fsp3) is 0.688. The number of nitrogens with two attached hydrogens (primary N) is 8. The van der Waals surface area contributed by atoms with E-state index >= 15 is 43.2 Å². The zero-order valence-corrected chi connectivity index (χ0v) is 84.8. The second kappa shape index (κ2) is 60.5. The fourth-order valence-electron chi connectivity index (χ4n) is 19.3. The van der Waals surface area contributed by atoms with Gasteiger partial charge in [-0.15, -0.1) is 0 Å². The Morgan fingerprint density at radius 2 is 0.592 bits per heavy atom. The molecule has 17 atom stereocenters. The summed E-state index contributed by atoms with van der Waals surface area (Å²) in [7, 11) is 0. The molecule has 6 aliphatic heterocycles. The molecular weight excluding hydrogens is 1910 g/mol. The number of carbonyl (C=O) groups excluding carboxylic acids is 15. The SMILES string of the molecule is CC[C@H](C)[C@H](NC(=O)[C@H](CCCNC(=N)N)NC(=O)[C@@H](N)CCCNC(=N)N)C(=O)N[C@@H](Cc1ccccc1)C(=O)N1CCC[C@H]1C(=O)N[C@@H](CCCNC(=N)N)C(=O)N1CCC[C@H]1C(=O)N1CCC[C@H]1C(=O)N[C@@H](CCCNC(=N)N)C(=O)N[C@@H](CC(C)C)C(=O)N1CCC[C@H]1C(=O)N[C@@H](CCCNC(=N)N)C(=O)N1CCC[C@H]1C(=O)N[C@@H](CCCNC(=N)N)C(=O)N1CCC[C@H]1C(=O)N[C@@H](CCCNC(=N)N)C(=O)O. The van der Waals surface area contributed by atoms with E-state index in [1.807, 2.05) is 0 Å². The normalized spacial score (nSPS) is 19.6. The summed E-state index contributed by atoms with van der Waals surface area (Å²) in [6.45, 7) is 8.21. The summed E-state index contributed by atoms with van der Waals surface area (Å²) in [6, 6.07) is -11.5. The highest BCUT2D eigenvalue weighted by Crippen LogP contribution is 2.31. The molecule has 6 saturated heterocycles. The van der Waals surface area contributed by atoms with Gasteiger partial charge in [0, 0.05) is 91.5 Å². The number of hydrogen-bond donors (Lipinski definition) is 32. The number of carbonyl (C=O) groups is 16. The number of carboxylic acids is 1. The first-order valence-electron chi connectivity index (χ1n) is 51.1. The molecule has 54 heteroatoms. The predicted octanol–water partition coefficient (Wildman–Crippen LogP) is -7.11. The number of guanidine groups is 7. The number of hydrogen-bond acceptors (Lipinski definition) is 24. The molecule has 6 heterocycles. The summed E-state index contributed by atoms with van der Waals surface area (Å²) in [5.74, 6) is -15.3. The number of nitrogens with one attached hydrogen (secondary N) is 23. The van der Waals surface area contributed by atoms with E-state index in [1.165, 1.54) is 29.4 Å². The topological polar surface area (TPSA) is 880 Å². The van der Waals surface area contributed by atoms with Crippen LogP contribution in [0.15, 0.2) is 30.3 Å². The van der Waals surface area contributed by atoms with Crippen LogP contribution in [-0.4, -0.2) is 353 Å². The summed E-state index contributed by atoms with van der Waals surface area (Å²) < 4.78 is 0. The van der Waals surface area contributed by atoms with E-state index < -0.39 is 197 Å². The lowest BCUT2D eigenvalue weighted by Crippen LogP contribution is -2.61. The first-order chi connectivity index (χ1) is 69.9. The fourth-order valence-corrected chi connectivity index (χ4v) is 19.3. The van der Waals surface area contributed by atoms with Gasteiger partial charge >= 0.3 is 5.97 Å². The number of rotatable bonds is 59. The number of amides is 15. The predicted molar refractivity (Wildman–Crippen MR) is 545 cm³/mol.